The van der Waals surface area contributed by atoms with Crippen molar-refractivity contribution in [2.45, 2.75) is 38.1 Å². The summed E-state index contributed by atoms with van der Waals surface area (Å²) in [6.07, 6.45) is 5.35. The zero-order chi connectivity index (χ0) is 15.4. The third-order valence-corrected chi connectivity index (χ3v) is 5.04. The van der Waals surface area contributed by atoms with E-state index in [-0.39, 0.29) is 24.0 Å². The molecule has 5 heteroatoms. The predicted octanol–water partition coefficient (Wildman–Crippen LogP) is 3.28. The van der Waals surface area contributed by atoms with Crippen molar-refractivity contribution in [3.63, 3.8) is 0 Å². The highest BCUT2D eigenvalue weighted by atomic mass is 35.5. The van der Waals surface area contributed by atoms with Gasteiger partial charge < -0.3 is 5.32 Å². The molecule has 2 heterocycles. The van der Waals surface area contributed by atoms with Gasteiger partial charge in [0.1, 0.15) is 5.82 Å². The van der Waals surface area contributed by atoms with Crippen molar-refractivity contribution >= 4 is 18.2 Å². The van der Waals surface area contributed by atoms with Crippen molar-refractivity contribution in [1.82, 2.24) is 10.2 Å². The number of hydrogen-bond donors (Lipinski definition) is 1. The lowest BCUT2D eigenvalue weighted by Crippen LogP contribution is -2.39. The Morgan fingerprint density at radius 2 is 1.87 bits per heavy atom. The molecule has 23 heavy (non-hydrogen) atoms. The standard InChI is InChI=1S/C18H25FN2O.ClH/c19-16-5-3-15(4-6-16)18(22)12-17-2-1-11-21(17)13-14-7-9-20-10-8-14;/h3-6,14,17,20H,1-2,7-13H2;1H. The van der Waals surface area contributed by atoms with Crippen molar-refractivity contribution < 1.29 is 9.18 Å². The van der Waals surface area contributed by atoms with Gasteiger partial charge in [-0.3, -0.25) is 9.69 Å². The summed E-state index contributed by atoms with van der Waals surface area (Å²) in [5.74, 6) is 0.620. The molecule has 1 aromatic carbocycles. The maximum absolute atomic E-state index is 13.0. The molecule has 3 nitrogen and oxygen atoms in total. The van der Waals surface area contributed by atoms with Crippen LogP contribution in [-0.4, -0.2) is 42.9 Å². The van der Waals surface area contributed by atoms with Gasteiger partial charge in [0.15, 0.2) is 5.78 Å². The lowest BCUT2D eigenvalue weighted by molar-refractivity contribution is 0.0929. The first-order chi connectivity index (χ1) is 10.7. The Labute approximate surface area is 144 Å². The van der Waals surface area contributed by atoms with Crippen LogP contribution in [-0.2, 0) is 0 Å². The molecule has 2 fully saturated rings. The van der Waals surface area contributed by atoms with Crippen molar-refractivity contribution in [3.05, 3.63) is 35.6 Å². The first kappa shape index (κ1) is 18.4. The second kappa shape index (κ2) is 8.76. The molecule has 0 amide bonds. The molecule has 2 aliphatic rings. The molecular weight excluding hydrogens is 315 g/mol. The van der Waals surface area contributed by atoms with Crippen LogP contribution in [0.15, 0.2) is 24.3 Å². The van der Waals surface area contributed by atoms with Crippen molar-refractivity contribution in [2.24, 2.45) is 5.92 Å². The van der Waals surface area contributed by atoms with Gasteiger partial charge in [-0.25, -0.2) is 4.39 Å². The van der Waals surface area contributed by atoms with Crippen LogP contribution in [0.5, 0.6) is 0 Å². The van der Waals surface area contributed by atoms with Gasteiger partial charge in [0.05, 0.1) is 0 Å². The number of piperidine rings is 1. The molecule has 2 aliphatic heterocycles. The highest BCUT2D eigenvalue weighted by Gasteiger charge is 2.29. The molecule has 0 radical (unpaired) electrons. The van der Waals surface area contributed by atoms with Gasteiger partial charge in [0, 0.05) is 24.6 Å². The fraction of sp³-hybridized carbons (Fsp3) is 0.611. The molecule has 3 rings (SSSR count). The van der Waals surface area contributed by atoms with E-state index in [0.717, 1.165) is 38.5 Å². The quantitative estimate of drug-likeness (QED) is 0.835. The van der Waals surface area contributed by atoms with E-state index in [9.17, 15) is 9.18 Å². The predicted molar refractivity (Wildman–Crippen MR) is 92.8 cm³/mol. The maximum Gasteiger partial charge on any atom is 0.164 e. The molecule has 0 saturated carbocycles. The number of nitrogens with zero attached hydrogens (tertiary/aromatic N) is 1. The summed E-state index contributed by atoms with van der Waals surface area (Å²) in [6, 6.07) is 6.31. The van der Waals surface area contributed by atoms with E-state index in [4.69, 9.17) is 0 Å². The molecule has 128 valence electrons. The van der Waals surface area contributed by atoms with Gasteiger partial charge in [-0.2, -0.15) is 0 Å². The Kier molecular flexibility index (Phi) is 7.00. The highest BCUT2D eigenvalue weighted by molar-refractivity contribution is 5.96. The van der Waals surface area contributed by atoms with Crippen LogP contribution in [0, 0.1) is 11.7 Å². The normalized spacial score (nSPS) is 22.7. The van der Waals surface area contributed by atoms with Crippen LogP contribution in [0.4, 0.5) is 4.39 Å². The molecule has 1 N–H and O–H groups in total. The van der Waals surface area contributed by atoms with E-state index in [1.54, 1.807) is 12.1 Å². The number of carbonyl (C=O) groups is 1. The van der Waals surface area contributed by atoms with Gasteiger partial charge in [0.2, 0.25) is 0 Å². The van der Waals surface area contributed by atoms with Crippen molar-refractivity contribution in [2.75, 3.05) is 26.2 Å². The third-order valence-electron chi connectivity index (χ3n) is 5.04. The summed E-state index contributed by atoms with van der Waals surface area (Å²) in [4.78, 5) is 14.9. The summed E-state index contributed by atoms with van der Waals surface area (Å²) in [6.45, 7) is 4.49. The minimum atomic E-state index is -0.287. The zero-order valence-corrected chi connectivity index (χ0v) is 14.3. The zero-order valence-electron chi connectivity index (χ0n) is 13.5. The smallest absolute Gasteiger partial charge is 0.164 e. The fourth-order valence-electron chi connectivity index (χ4n) is 3.73. The summed E-state index contributed by atoms with van der Waals surface area (Å²) in [5.41, 5.74) is 0.634. The number of Topliss-reactive ketones (excluding diaryl/α,β-unsaturated/α-hetero) is 1. The minimum Gasteiger partial charge on any atom is -0.317 e. The van der Waals surface area contributed by atoms with Crippen LogP contribution in [0.1, 0.15) is 42.5 Å². The number of carbonyl (C=O) groups excluding carboxylic acids is 1. The summed E-state index contributed by atoms with van der Waals surface area (Å²) in [5, 5.41) is 3.41. The summed E-state index contributed by atoms with van der Waals surface area (Å²) >= 11 is 0. The van der Waals surface area contributed by atoms with Crippen LogP contribution in [0.2, 0.25) is 0 Å². The fourth-order valence-corrected chi connectivity index (χ4v) is 3.73. The van der Waals surface area contributed by atoms with E-state index in [0.29, 0.717) is 18.0 Å². The van der Waals surface area contributed by atoms with Gasteiger partial charge in [-0.15, -0.1) is 12.4 Å². The van der Waals surface area contributed by atoms with Gasteiger partial charge >= 0.3 is 0 Å². The largest absolute Gasteiger partial charge is 0.317 e. The summed E-state index contributed by atoms with van der Waals surface area (Å²) in [7, 11) is 0. The maximum atomic E-state index is 13.0. The van der Waals surface area contributed by atoms with Crippen molar-refractivity contribution in [1.29, 1.82) is 0 Å². The van der Waals surface area contributed by atoms with Gasteiger partial charge in [-0.1, -0.05) is 0 Å². The number of rotatable bonds is 5. The van der Waals surface area contributed by atoms with E-state index in [2.05, 4.69) is 10.2 Å². The molecule has 1 unspecified atom stereocenters. The first-order valence-electron chi connectivity index (χ1n) is 8.46. The third kappa shape index (κ3) is 5.00. The Balaban J connectivity index is 0.00000192. The number of ketones is 1. The highest BCUT2D eigenvalue weighted by Crippen LogP contribution is 2.25. The Morgan fingerprint density at radius 3 is 2.57 bits per heavy atom. The molecule has 0 aromatic heterocycles. The molecule has 0 spiro atoms. The average Bonchev–Trinajstić information content (AvgIpc) is 2.96. The number of nitrogens with one attached hydrogen (secondary N) is 1. The number of likely N-dealkylation sites (tertiary alicyclic amines) is 1. The van der Waals surface area contributed by atoms with E-state index >= 15 is 0 Å². The van der Waals surface area contributed by atoms with Crippen LogP contribution < -0.4 is 5.32 Å². The SMILES string of the molecule is Cl.O=C(CC1CCCN1CC1CCNCC1)c1ccc(F)cc1. The second-order valence-electron chi connectivity index (χ2n) is 6.62. The van der Waals surface area contributed by atoms with E-state index in [1.807, 2.05) is 0 Å². The van der Waals surface area contributed by atoms with Crippen molar-refractivity contribution in [3.8, 4) is 0 Å². The lowest BCUT2D eigenvalue weighted by Gasteiger charge is -2.31. The second-order valence-corrected chi connectivity index (χ2v) is 6.62. The monoisotopic (exact) mass is 340 g/mol. The first-order valence-corrected chi connectivity index (χ1v) is 8.46. The average molecular weight is 341 g/mol. The van der Waals surface area contributed by atoms with E-state index < -0.39 is 0 Å². The molecule has 1 atom stereocenters. The number of hydrogen-bond acceptors (Lipinski definition) is 3. The topological polar surface area (TPSA) is 32.3 Å². The van der Waals surface area contributed by atoms with Gasteiger partial charge in [-0.05, 0) is 75.5 Å². The summed E-state index contributed by atoms with van der Waals surface area (Å²) < 4.78 is 13.0. The minimum absolute atomic E-state index is 0. The van der Waals surface area contributed by atoms with Crippen LogP contribution >= 0.6 is 12.4 Å². The van der Waals surface area contributed by atoms with Crippen LogP contribution in [0.3, 0.4) is 0 Å². The lowest BCUT2D eigenvalue weighted by atomic mass is 9.96. The van der Waals surface area contributed by atoms with Crippen LogP contribution in [0.25, 0.3) is 0 Å². The number of benzene rings is 1. The number of halogens is 2. The molecule has 1 aromatic rings. The van der Waals surface area contributed by atoms with Gasteiger partial charge in [0.25, 0.3) is 0 Å². The Hall–Kier alpha value is -0.970. The Bertz CT molecular complexity index is 502. The molecule has 0 bridgehead atoms. The molecule has 0 aliphatic carbocycles. The molecular formula is C18H26ClFN2O. The Morgan fingerprint density at radius 1 is 1.17 bits per heavy atom. The molecule has 2 saturated heterocycles. The van der Waals surface area contributed by atoms with E-state index in [1.165, 1.54) is 31.4 Å².